The second-order valence-corrected chi connectivity index (χ2v) is 7.01. The van der Waals surface area contributed by atoms with Crippen molar-refractivity contribution >= 4 is 35.0 Å². The van der Waals surface area contributed by atoms with E-state index in [1.165, 1.54) is 0 Å². The van der Waals surface area contributed by atoms with Gasteiger partial charge in [0, 0.05) is 12.8 Å². The Morgan fingerprint density at radius 1 is 0.897 bits per heavy atom. The highest BCUT2D eigenvalue weighted by atomic mass is 35.5. The van der Waals surface area contributed by atoms with Crippen molar-refractivity contribution in [2.24, 2.45) is 0 Å². The van der Waals surface area contributed by atoms with E-state index in [4.69, 9.17) is 16.3 Å². The lowest BCUT2D eigenvalue weighted by molar-refractivity contribution is -0.130. The molecule has 0 saturated heterocycles. The molecule has 29 heavy (non-hydrogen) atoms. The van der Waals surface area contributed by atoms with Crippen LogP contribution in [0.25, 0.3) is 0 Å². The lowest BCUT2D eigenvalue weighted by atomic mass is 10.0. The number of rotatable bonds is 8. The molecule has 0 atom stereocenters. The van der Waals surface area contributed by atoms with E-state index in [9.17, 15) is 14.4 Å². The molecule has 3 amide bonds. The molecule has 3 N–H and O–H groups in total. The van der Waals surface area contributed by atoms with Crippen LogP contribution in [0.3, 0.4) is 0 Å². The van der Waals surface area contributed by atoms with Gasteiger partial charge in [-0.15, -0.1) is 0 Å². The third kappa shape index (κ3) is 7.46. The zero-order valence-corrected chi connectivity index (χ0v) is 17.1. The Morgan fingerprint density at radius 2 is 1.52 bits per heavy atom. The molecule has 0 aromatic heterocycles. The van der Waals surface area contributed by atoms with Gasteiger partial charge in [0.15, 0.2) is 6.61 Å². The number of para-hydroxylation sites is 2. The fourth-order valence-electron chi connectivity index (χ4n) is 2.47. The first-order valence-electron chi connectivity index (χ1n) is 9.20. The van der Waals surface area contributed by atoms with E-state index in [1.54, 1.807) is 30.3 Å². The summed E-state index contributed by atoms with van der Waals surface area (Å²) < 4.78 is 5.53. The van der Waals surface area contributed by atoms with Crippen LogP contribution in [0.2, 0.25) is 5.02 Å². The number of carbonyl (C=O) groups is 3. The van der Waals surface area contributed by atoms with E-state index in [1.807, 2.05) is 32.0 Å². The summed E-state index contributed by atoms with van der Waals surface area (Å²) in [6.45, 7) is 3.83. The number of carbonyl (C=O) groups excluding carboxylic acids is 3. The van der Waals surface area contributed by atoms with Crippen LogP contribution in [0.1, 0.15) is 38.2 Å². The number of nitrogens with one attached hydrogen (secondary N) is 3. The summed E-state index contributed by atoms with van der Waals surface area (Å²) in [5.74, 6) is -0.466. The summed E-state index contributed by atoms with van der Waals surface area (Å²) in [4.78, 5) is 35.6. The maximum atomic E-state index is 11.9. The van der Waals surface area contributed by atoms with Crippen molar-refractivity contribution < 1.29 is 19.1 Å². The quantitative estimate of drug-likeness (QED) is 0.573. The molecule has 0 saturated carbocycles. The van der Waals surface area contributed by atoms with E-state index < -0.39 is 11.8 Å². The topological polar surface area (TPSA) is 96.5 Å². The lowest BCUT2D eigenvalue weighted by Crippen LogP contribution is -2.44. The fourth-order valence-corrected chi connectivity index (χ4v) is 2.66. The Hall–Kier alpha value is -3.06. The summed E-state index contributed by atoms with van der Waals surface area (Å²) in [5.41, 5.74) is 6.00. The normalized spacial score (nSPS) is 10.3. The highest BCUT2D eigenvalue weighted by Crippen LogP contribution is 2.25. The Bertz CT molecular complexity index is 871. The Balaban J connectivity index is 1.69. The smallest absolute Gasteiger partial charge is 0.276 e. The van der Waals surface area contributed by atoms with Gasteiger partial charge in [0.25, 0.3) is 5.91 Å². The van der Waals surface area contributed by atoms with Gasteiger partial charge in [0.1, 0.15) is 5.75 Å². The van der Waals surface area contributed by atoms with E-state index >= 15 is 0 Å². The fraction of sp³-hybridized carbons (Fsp3) is 0.286. The Morgan fingerprint density at radius 3 is 2.24 bits per heavy atom. The number of hydrogen-bond acceptors (Lipinski definition) is 4. The molecule has 0 aliphatic heterocycles. The summed E-state index contributed by atoms with van der Waals surface area (Å²) in [7, 11) is 0. The van der Waals surface area contributed by atoms with Gasteiger partial charge in [0.2, 0.25) is 11.8 Å². The molecule has 0 aliphatic carbocycles. The molecule has 7 nitrogen and oxygen atoms in total. The van der Waals surface area contributed by atoms with Crippen LogP contribution in [0.15, 0.2) is 48.5 Å². The van der Waals surface area contributed by atoms with E-state index in [0.29, 0.717) is 16.5 Å². The predicted octanol–water partition coefficient (Wildman–Crippen LogP) is 3.41. The van der Waals surface area contributed by atoms with Gasteiger partial charge in [-0.05, 0) is 29.7 Å². The molecule has 2 rings (SSSR count). The van der Waals surface area contributed by atoms with Gasteiger partial charge < -0.3 is 10.1 Å². The largest absolute Gasteiger partial charge is 0.483 e. The molecule has 0 radical (unpaired) electrons. The van der Waals surface area contributed by atoms with Crippen LogP contribution in [-0.2, 0) is 14.4 Å². The van der Waals surface area contributed by atoms with Crippen LogP contribution < -0.4 is 20.9 Å². The molecule has 154 valence electrons. The van der Waals surface area contributed by atoms with Gasteiger partial charge in [-0.1, -0.05) is 55.8 Å². The van der Waals surface area contributed by atoms with Gasteiger partial charge in [-0.3, -0.25) is 25.2 Å². The minimum Gasteiger partial charge on any atom is -0.483 e. The monoisotopic (exact) mass is 417 g/mol. The van der Waals surface area contributed by atoms with Crippen LogP contribution in [0.4, 0.5) is 5.69 Å². The van der Waals surface area contributed by atoms with Gasteiger partial charge in [-0.2, -0.15) is 0 Å². The van der Waals surface area contributed by atoms with Crippen LogP contribution in [0.5, 0.6) is 5.75 Å². The SMILES string of the molecule is CC(C)c1ccccc1OCC(=O)NNC(=O)CCC(=O)Nc1ccccc1Cl. The van der Waals surface area contributed by atoms with Gasteiger partial charge in [0.05, 0.1) is 10.7 Å². The molecule has 0 spiro atoms. The Labute approximate surface area is 174 Å². The summed E-state index contributed by atoms with van der Waals surface area (Å²) in [5, 5.41) is 3.04. The molecule has 8 heteroatoms. The molecule has 0 bridgehead atoms. The second-order valence-electron chi connectivity index (χ2n) is 6.61. The zero-order valence-electron chi connectivity index (χ0n) is 16.3. The Kier molecular flexibility index (Phi) is 8.48. The van der Waals surface area contributed by atoms with E-state index in [2.05, 4.69) is 16.2 Å². The summed E-state index contributed by atoms with van der Waals surface area (Å²) >= 11 is 5.96. The van der Waals surface area contributed by atoms with Crippen molar-refractivity contribution in [1.82, 2.24) is 10.9 Å². The first-order chi connectivity index (χ1) is 13.9. The third-order valence-electron chi connectivity index (χ3n) is 3.97. The predicted molar refractivity (Wildman–Crippen MR) is 112 cm³/mol. The maximum Gasteiger partial charge on any atom is 0.276 e. The van der Waals surface area contributed by atoms with Crippen LogP contribution in [-0.4, -0.2) is 24.3 Å². The first kappa shape index (κ1) is 22.2. The summed E-state index contributed by atoms with van der Waals surface area (Å²) in [6.07, 6.45) is -0.140. The molecular weight excluding hydrogens is 394 g/mol. The average Bonchev–Trinajstić information content (AvgIpc) is 2.71. The number of anilines is 1. The standard InChI is InChI=1S/C21H24ClN3O4/c1-14(2)15-7-3-6-10-18(15)29-13-21(28)25-24-20(27)12-11-19(26)23-17-9-5-4-8-16(17)22/h3-10,14H,11-13H2,1-2H3,(H,23,26)(H,24,27)(H,25,28). The zero-order chi connectivity index (χ0) is 21.2. The van der Waals surface area contributed by atoms with Crippen molar-refractivity contribution in [2.45, 2.75) is 32.6 Å². The van der Waals surface area contributed by atoms with Gasteiger partial charge >= 0.3 is 0 Å². The molecule has 0 fully saturated rings. The minimum atomic E-state index is -0.502. The van der Waals surface area contributed by atoms with E-state index in [-0.39, 0.29) is 31.3 Å². The molecular formula is C21H24ClN3O4. The number of hydrogen-bond donors (Lipinski definition) is 3. The van der Waals surface area contributed by atoms with Crippen LogP contribution >= 0.6 is 11.6 Å². The number of hydrazine groups is 1. The number of ether oxygens (including phenoxy) is 1. The van der Waals surface area contributed by atoms with Crippen molar-refractivity contribution in [3.05, 3.63) is 59.1 Å². The third-order valence-corrected chi connectivity index (χ3v) is 4.30. The average molecular weight is 418 g/mol. The molecule has 0 heterocycles. The van der Waals surface area contributed by atoms with Crippen LogP contribution in [0, 0.1) is 0 Å². The number of halogens is 1. The lowest BCUT2D eigenvalue weighted by Gasteiger charge is -2.14. The highest BCUT2D eigenvalue weighted by molar-refractivity contribution is 6.33. The van der Waals surface area contributed by atoms with Crippen molar-refractivity contribution in [3.8, 4) is 5.75 Å². The van der Waals surface area contributed by atoms with Gasteiger partial charge in [-0.25, -0.2) is 0 Å². The maximum absolute atomic E-state index is 11.9. The first-order valence-corrected chi connectivity index (χ1v) is 9.58. The molecule has 0 unspecified atom stereocenters. The number of amides is 3. The van der Waals surface area contributed by atoms with Crippen molar-refractivity contribution in [3.63, 3.8) is 0 Å². The number of benzene rings is 2. The molecule has 2 aromatic rings. The summed E-state index contributed by atoms with van der Waals surface area (Å²) in [6, 6.07) is 14.3. The van der Waals surface area contributed by atoms with Crippen molar-refractivity contribution in [2.75, 3.05) is 11.9 Å². The highest BCUT2D eigenvalue weighted by Gasteiger charge is 2.11. The molecule has 2 aromatic carbocycles. The minimum absolute atomic E-state index is 0.0504. The van der Waals surface area contributed by atoms with Crippen molar-refractivity contribution in [1.29, 1.82) is 0 Å². The van der Waals surface area contributed by atoms with E-state index in [0.717, 1.165) is 5.56 Å². The second kappa shape index (κ2) is 11.1. The molecule has 0 aliphatic rings.